The average molecular weight is 490 g/mol. The number of nitrogens with zero attached hydrogens (tertiary/aromatic N) is 1. The van der Waals surface area contributed by atoms with Gasteiger partial charge in [0.1, 0.15) is 0 Å². The van der Waals surface area contributed by atoms with Gasteiger partial charge in [0.15, 0.2) is 0 Å². The van der Waals surface area contributed by atoms with Crippen LogP contribution in [-0.2, 0) is 0 Å². The number of nitrogens with one attached hydrogen (secondary N) is 1. The first-order valence-corrected chi connectivity index (χ1v) is 8.94. The number of alkyl halides is 13. The van der Waals surface area contributed by atoms with Crippen molar-refractivity contribution in [1.82, 2.24) is 10.2 Å². The van der Waals surface area contributed by atoms with Crippen LogP contribution < -0.4 is 5.32 Å². The Labute approximate surface area is 170 Å². The minimum absolute atomic E-state index is 0.182. The van der Waals surface area contributed by atoms with Crippen molar-refractivity contribution in [2.24, 2.45) is 11.8 Å². The first-order chi connectivity index (χ1) is 13.6. The van der Waals surface area contributed by atoms with E-state index in [4.69, 9.17) is 0 Å². The minimum atomic E-state index is -6.80. The zero-order chi connectivity index (χ0) is 24.9. The van der Waals surface area contributed by atoms with Crippen molar-refractivity contribution in [2.45, 2.75) is 56.1 Å². The first-order valence-electron chi connectivity index (χ1n) is 8.94. The molecule has 0 aliphatic rings. The van der Waals surface area contributed by atoms with Crippen LogP contribution >= 0.6 is 0 Å². The standard InChI is InChI=1S/C16H23F13N2/c1-31(2)7-3-5-30-6-4-10(13(18,19)20)8-11(14(21,22)23)9-12(17,15(24,25)26)16(27,28)29/h10-11,30H,3-9H2,1-2H3. The van der Waals surface area contributed by atoms with E-state index in [0.717, 1.165) is 0 Å². The molecule has 188 valence electrons. The fourth-order valence-corrected chi connectivity index (χ4v) is 2.74. The van der Waals surface area contributed by atoms with E-state index in [-0.39, 0.29) is 6.54 Å². The lowest BCUT2D eigenvalue weighted by Gasteiger charge is -2.35. The molecule has 15 heteroatoms. The maximum absolute atomic E-state index is 13.7. The van der Waals surface area contributed by atoms with E-state index in [1.165, 1.54) is 0 Å². The number of halogens is 13. The summed E-state index contributed by atoms with van der Waals surface area (Å²) < 4.78 is 168. The summed E-state index contributed by atoms with van der Waals surface area (Å²) in [5.41, 5.74) is -6.30. The normalized spacial score (nSPS) is 16.6. The van der Waals surface area contributed by atoms with Crippen LogP contribution in [0.4, 0.5) is 57.1 Å². The summed E-state index contributed by atoms with van der Waals surface area (Å²) >= 11 is 0. The highest BCUT2D eigenvalue weighted by Crippen LogP contribution is 2.53. The Morgan fingerprint density at radius 3 is 1.48 bits per heavy atom. The number of hydrogen-bond acceptors (Lipinski definition) is 2. The van der Waals surface area contributed by atoms with Crippen LogP contribution in [0.2, 0.25) is 0 Å². The lowest BCUT2D eigenvalue weighted by Crippen LogP contribution is -2.55. The van der Waals surface area contributed by atoms with Crippen molar-refractivity contribution in [3.8, 4) is 0 Å². The molecule has 0 radical (unpaired) electrons. The molecule has 2 atom stereocenters. The molecule has 0 aromatic carbocycles. The summed E-state index contributed by atoms with van der Waals surface area (Å²) in [7, 11) is 3.42. The molecule has 0 bridgehead atoms. The molecule has 1 N–H and O–H groups in total. The summed E-state index contributed by atoms with van der Waals surface area (Å²) in [5, 5.41) is 2.51. The van der Waals surface area contributed by atoms with E-state index in [1.54, 1.807) is 19.0 Å². The second kappa shape index (κ2) is 10.8. The summed E-state index contributed by atoms with van der Waals surface area (Å²) in [4.78, 5) is 1.75. The van der Waals surface area contributed by atoms with E-state index in [0.29, 0.717) is 13.0 Å². The van der Waals surface area contributed by atoms with Crippen LogP contribution in [0, 0.1) is 11.8 Å². The molecule has 0 spiro atoms. The van der Waals surface area contributed by atoms with Gasteiger partial charge in [-0.3, -0.25) is 0 Å². The molecular weight excluding hydrogens is 467 g/mol. The predicted molar refractivity (Wildman–Crippen MR) is 84.9 cm³/mol. The van der Waals surface area contributed by atoms with Gasteiger partial charge < -0.3 is 10.2 Å². The maximum atomic E-state index is 13.7. The largest absolute Gasteiger partial charge is 0.431 e. The highest BCUT2D eigenvalue weighted by molar-refractivity contribution is 4.97. The monoisotopic (exact) mass is 490 g/mol. The zero-order valence-electron chi connectivity index (χ0n) is 16.5. The number of hydrogen-bond donors (Lipinski definition) is 1. The molecule has 0 aromatic heterocycles. The molecule has 0 aliphatic carbocycles. The Bertz CT molecular complexity index is 506. The molecular formula is C16H23F13N2. The van der Waals surface area contributed by atoms with Gasteiger partial charge in [-0.15, -0.1) is 0 Å². The molecule has 2 nitrogen and oxygen atoms in total. The maximum Gasteiger partial charge on any atom is 0.431 e. The molecule has 0 saturated carbocycles. The topological polar surface area (TPSA) is 15.3 Å². The summed E-state index contributed by atoms with van der Waals surface area (Å²) in [5.74, 6) is -6.70. The van der Waals surface area contributed by atoms with Crippen molar-refractivity contribution in [3.05, 3.63) is 0 Å². The summed E-state index contributed by atoms with van der Waals surface area (Å²) in [6.07, 6.45) is -30.8. The van der Waals surface area contributed by atoms with E-state index >= 15 is 0 Å². The quantitative estimate of drug-likeness (QED) is 0.287. The van der Waals surface area contributed by atoms with Crippen LogP contribution in [0.3, 0.4) is 0 Å². The molecule has 0 amide bonds. The van der Waals surface area contributed by atoms with Gasteiger partial charge in [0.05, 0.1) is 11.8 Å². The van der Waals surface area contributed by atoms with Crippen LogP contribution in [0.15, 0.2) is 0 Å². The van der Waals surface area contributed by atoms with Gasteiger partial charge >= 0.3 is 24.7 Å². The summed E-state index contributed by atoms with van der Waals surface area (Å²) in [6.45, 7) is 0.238. The van der Waals surface area contributed by atoms with Crippen molar-refractivity contribution < 1.29 is 57.1 Å². The van der Waals surface area contributed by atoms with Crippen LogP contribution in [-0.4, -0.2) is 69.0 Å². The highest BCUT2D eigenvalue weighted by atomic mass is 19.4. The van der Waals surface area contributed by atoms with E-state index in [2.05, 4.69) is 5.32 Å². The van der Waals surface area contributed by atoms with Gasteiger partial charge in [0, 0.05) is 6.42 Å². The molecule has 0 aliphatic heterocycles. The van der Waals surface area contributed by atoms with Gasteiger partial charge in [-0.25, -0.2) is 4.39 Å². The third-order valence-corrected chi connectivity index (χ3v) is 4.55. The fraction of sp³-hybridized carbons (Fsp3) is 1.00. The van der Waals surface area contributed by atoms with Crippen LogP contribution in [0.25, 0.3) is 0 Å². The molecule has 0 fully saturated rings. The molecule has 2 unspecified atom stereocenters. The molecule has 0 rings (SSSR count). The SMILES string of the molecule is CN(C)CCCNCCC(CC(CC(F)(C(F)(F)F)C(F)(F)F)C(F)(F)F)C(F)(F)F. The third-order valence-electron chi connectivity index (χ3n) is 4.55. The van der Waals surface area contributed by atoms with Crippen molar-refractivity contribution in [2.75, 3.05) is 33.7 Å². The Kier molecular flexibility index (Phi) is 10.4. The van der Waals surface area contributed by atoms with Gasteiger partial charge in [-0.2, -0.15) is 52.7 Å². The molecule has 0 heterocycles. The third kappa shape index (κ3) is 9.58. The Hall–Kier alpha value is -0.990. The Morgan fingerprint density at radius 1 is 0.677 bits per heavy atom. The van der Waals surface area contributed by atoms with E-state index in [1.807, 2.05) is 0 Å². The van der Waals surface area contributed by atoms with Crippen molar-refractivity contribution in [3.63, 3.8) is 0 Å². The van der Waals surface area contributed by atoms with Gasteiger partial charge in [-0.05, 0) is 53.0 Å². The fourth-order valence-electron chi connectivity index (χ4n) is 2.74. The minimum Gasteiger partial charge on any atom is -0.317 e. The van der Waals surface area contributed by atoms with Crippen molar-refractivity contribution in [1.29, 1.82) is 0 Å². The lowest BCUT2D eigenvalue weighted by molar-refractivity contribution is -0.353. The number of rotatable bonds is 11. The van der Waals surface area contributed by atoms with E-state index < -0.39 is 68.0 Å². The lowest BCUT2D eigenvalue weighted by atomic mass is 9.82. The molecule has 0 aromatic rings. The van der Waals surface area contributed by atoms with Crippen molar-refractivity contribution >= 4 is 0 Å². The van der Waals surface area contributed by atoms with Gasteiger partial charge in [0.2, 0.25) is 0 Å². The van der Waals surface area contributed by atoms with Crippen LogP contribution in [0.5, 0.6) is 0 Å². The predicted octanol–water partition coefficient (Wildman–Crippen LogP) is 5.89. The van der Waals surface area contributed by atoms with E-state index in [9.17, 15) is 57.1 Å². The highest BCUT2D eigenvalue weighted by Gasteiger charge is 2.74. The Morgan fingerprint density at radius 2 is 1.13 bits per heavy atom. The second-order valence-electron chi connectivity index (χ2n) is 7.41. The second-order valence-corrected chi connectivity index (χ2v) is 7.41. The Balaban J connectivity index is 5.47. The van der Waals surface area contributed by atoms with Crippen LogP contribution in [0.1, 0.15) is 25.7 Å². The zero-order valence-corrected chi connectivity index (χ0v) is 16.5. The van der Waals surface area contributed by atoms with Gasteiger partial charge in [-0.1, -0.05) is 0 Å². The average Bonchev–Trinajstić information content (AvgIpc) is 2.51. The summed E-state index contributed by atoms with van der Waals surface area (Å²) in [6, 6.07) is 0. The van der Waals surface area contributed by atoms with Gasteiger partial charge in [0.25, 0.3) is 5.67 Å². The molecule has 31 heavy (non-hydrogen) atoms. The smallest absolute Gasteiger partial charge is 0.317 e. The molecule has 0 saturated heterocycles. The first kappa shape index (κ1) is 30.0.